The molecule has 1 aromatic heterocycles. The Kier molecular flexibility index (Phi) is 3.57. The normalized spacial score (nSPS) is 16.8. The van der Waals surface area contributed by atoms with E-state index in [0.29, 0.717) is 16.8 Å². The number of aromatic amines is 2. The van der Waals surface area contributed by atoms with Gasteiger partial charge in [0.2, 0.25) is 11.8 Å². The lowest BCUT2D eigenvalue weighted by molar-refractivity contribution is -0.136. The van der Waals surface area contributed by atoms with E-state index in [9.17, 15) is 19.2 Å². The van der Waals surface area contributed by atoms with E-state index in [0.717, 1.165) is 0 Å². The minimum Gasteiger partial charge on any atom is -0.302 e. The fourth-order valence-electron chi connectivity index (χ4n) is 2.85. The standard InChI is InChI=1S/C15H14N4O4/c1-7-9(14(22)19-18-7)10(8-5-3-2-4-6-8)11-12(20)16-15(23)17-13(11)21/h2-6,10-11H,1H3,(H2,18,19,22)(H2,16,17,20,21,23). The van der Waals surface area contributed by atoms with Crippen molar-refractivity contribution in [2.75, 3.05) is 0 Å². The van der Waals surface area contributed by atoms with E-state index in [4.69, 9.17) is 0 Å². The van der Waals surface area contributed by atoms with Gasteiger partial charge in [0, 0.05) is 17.2 Å². The Morgan fingerprint density at radius 1 is 0.913 bits per heavy atom. The Bertz CT molecular complexity index is 817. The maximum absolute atomic E-state index is 12.2. The van der Waals surface area contributed by atoms with Crippen LogP contribution in [-0.2, 0) is 9.59 Å². The van der Waals surface area contributed by atoms with Crippen LogP contribution in [0.1, 0.15) is 22.7 Å². The number of aromatic nitrogens is 2. The smallest absolute Gasteiger partial charge is 0.302 e. The first-order valence-electron chi connectivity index (χ1n) is 6.97. The summed E-state index contributed by atoms with van der Waals surface area (Å²) in [4.78, 5) is 47.9. The van der Waals surface area contributed by atoms with E-state index in [-0.39, 0.29) is 0 Å². The zero-order chi connectivity index (χ0) is 16.6. The minimum atomic E-state index is -1.22. The Labute approximate surface area is 130 Å². The molecule has 0 radical (unpaired) electrons. The molecule has 1 aliphatic heterocycles. The highest BCUT2D eigenvalue weighted by Gasteiger charge is 2.43. The van der Waals surface area contributed by atoms with Gasteiger partial charge < -0.3 is 5.10 Å². The number of urea groups is 1. The number of benzene rings is 1. The van der Waals surface area contributed by atoms with Crippen molar-refractivity contribution in [3.63, 3.8) is 0 Å². The van der Waals surface area contributed by atoms with Crippen LogP contribution in [0, 0.1) is 12.8 Å². The Hall–Kier alpha value is -3.16. The van der Waals surface area contributed by atoms with Crippen molar-refractivity contribution in [2.24, 2.45) is 5.92 Å². The van der Waals surface area contributed by atoms with Gasteiger partial charge in [0.1, 0.15) is 5.92 Å². The molecule has 0 spiro atoms. The number of imide groups is 2. The van der Waals surface area contributed by atoms with Crippen LogP contribution in [0.2, 0.25) is 0 Å². The lowest BCUT2D eigenvalue weighted by Crippen LogP contribution is -2.57. The molecule has 2 aromatic rings. The van der Waals surface area contributed by atoms with Gasteiger partial charge in [-0.2, -0.15) is 0 Å². The van der Waals surface area contributed by atoms with Crippen molar-refractivity contribution < 1.29 is 14.4 Å². The second-order valence-electron chi connectivity index (χ2n) is 5.29. The molecule has 1 fully saturated rings. The maximum atomic E-state index is 12.2. The molecular formula is C15H14N4O4. The van der Waals surface area contributed by atoms with E-state index < -0.39 is 35.2 Å². The van der Waals surface area contributed by atoms with E-state index in [1.807, 2.05) is 0 Å². The van der Waals surface area contributed by atoms with Crippen LogP contribution in [0.3, 0.4) is 0 Å². The highest BCUT2D eigenvalue weighted by molar-refractivity contribution is 6.16. The molecule has 2 heterocycles. The lowest BCUT2D eigenvalue weighted by Gasteiger charge is -2.28. The van der Waals surface area contributed by atoms with Gasteiger partial charge in [-0.25, -0.2) is 4.79 Å². The monoisotopic (exact) mass is 314 g/mol. The number of amides is 4. The van der Waals surface area contributed by atoms with Crippen LogP contribution in [0.5, 0.6) is 0 Å². The second-order valence-corrected chi connectivity index (χ2v) is 5.29. The summed E-state index contributed by atoms with van der Waals surface area (Å²) in [7, 11) is 0. The molecule has 1 atom stereocenters. The summed E-state index contributed by atoms with van der Waals surface area (Å²) in [5.74, 6) is -3.48. The minimum absolute atomic E-state index is 0.292. The Morgan fingerprint density at radius 3 is 2.04 bits per heavy atom. The van der Waals surface area contributed by atoms with Crippen molar-refractivity contribution in [1.29, 1.82) is 0 Å². The first-order valence-corrected chi connectivity index (χ1v) is 6.97. The Morgan fingerprint density at radius 2 is 1.52 bits per heavy atom. The first kappa shape index (κ1) is 14.8. The van der Waals surface area contributed by atoms with E-state index in [2.05, 4.69) is 20.8 Å². The quantitative estimate of drug-likeness (QED) is 0.601. The SMILES string of the molecule is Cc1[nH][nH]c(=O)c1C(c1ccccc1)C1C(=O)NC(=O)NC1=O. The summed E-state index contributed by atoms with van der Waals surface area (Å²) < 4.78 is 0. The molecule has 23 heavy (non-hydrogen) atoms. The van der Waals surface area contributed by atoms with Crippen LogP contribution >= 0.6 is 0 Å². The van der Waals surface area contributed by atoms with Crippen molar-refractivity contribution in [1.82, 2.24) is 20.8 Å². The molecule has 4 N–H and O–H groups in total. The molecular weight excluding hydrogens is 300 g/mol. The third-order valence-electron chi connectivity index (χ3n) is 3.85. The number of nitrogens with one attached hydrogen (secondary N) is 4. The van der Waals surface area contributed by atoms with Crippen molar-refractivity contribution in [3.05, 3.63) is 57.5 Å². The predicted molar refractivity (Wildman–Crippen MR) is 79.6 cm³/mol. The van der Waals surface area contributed by atoms with Gasteiger partial charge in [0.15, 0.2) is 0 Å². The van der Waals surface area contributed by atoms with Crippen LogP contribution in [0.25, 0.3) is 0 Å². The predicted octanol–water partition coefficient (Wildman–Crippen LogP) is 0.126. The van der Waals surface area contributed by atoms with Crippen molar-refractivity contribution in [3.8, 4) is 0 Å². The van der Waals surface area contributed by atoms with Crippen LogP contribution < -0.4 is 16.2 Å². The molecule has 3 rings (SSSR count). The van der Waals surface area contributed by atoms with Gasteiger partial charge >= 0.3 is 6.03 Å². The topological polar surface area (TPSA) is 124 Å². The van der Waals surface area contributed by atoms with Gasteiger partial charge in [-0.05, 0) is 12.5 Å². The van der Waals surface area contributed by atoms with Gasteiger partial charge in [0.05, 0.1) is 0 Å². The average Bonchev–Trinajstić information content (AvgIpc) is 2.83. The molecule has 0 bridgehead atoms. The second kappa shape index (κ2) is 5.56. The third-order valence-corrected chi connectivity index (χ3v) is 3.85. The van der Waals surface area contributed by atoms with Crippen LogP contribution in [0.15, 0.2) is 35.1 Å². The fraction of sp³-hybridized carbons (Fsp3) is 0.200. The van der Waals surface area contributed by atoms with Gasteiger partial charge in [-0.1, -0.05) is 30.3 Å². The molecule has 0 saturated carbocycles. The number of carbonyl (C=O) groups excluding carboxylic acids is 3. The summed E-state index contributed by atoms with van der Waals surface area (Å²) in [6.07, 6.45) is 0. The van der Waals surface area contributed by atoms with Gasteiger partial charge in [-0.3, -0.25) is 30.1 Å². The highest BCUT2D eigenvalue weighted by Crippen LogP contribution is 2.32. The molecule has 0 aliphatic carbocycles. The van der Waals surface area contributed by atoms with E-state index >= 15 is 0 Å². The first-order chi connectivity index (χ1) is 11.0. The molecule has 8 heteroatoms. The summed E-state index contributed by atoms with van der Waals surface area (Å²) in [6, 6.07) is 7.90. The van der Waals surface area contributed by atoms with Gasteiger partial charge in [0.25, 0.3) is 5.56 Å². The number of barbiturate groups is 1. The van der Waals surface area contributed by atoms with E-state index in [1.54, 1.807) is 37.3 Å². The summed E-state index contributed by atoms with van der Waals surface area (Å²) in [5, 5.41) is 9.31. The number of hydrogen-bond acceptors (Lipinski definition) is 4. The highest BCUT2D eigenvalue weighted by atomic mass is 16.2. The molecule has 8 nitrogen and oxygen atoms in total. The molecule has 1 saturated heterocycles. The third kappa shape index (κ3) is 2.54. The molecule has 1 unspecified atom stereocenters. The lowest BCUT2D eigenvalue weighted by atomic mass is 9.79. The van der Waals surface area contributed by atoms with Gasteiger partial charge in [-0.15, -0.1) is 0 Å². The maximum Gasteiger partial charge on any atom is 0.328 e. The molecule has 118 valence electrons. The van der Waals surface area contributed by atoms with Crippen molar-refractivity contribution >= 4 is 17.8 Å². The number of hydrogen-bond donors (Lipinski definition) is 4. The zero-order valence-electron chi connectivity index (χ0n) is 12.2. The Balaban J connectivity index is 2.17. The van der Waals surface area contributed by atoms with Crippen LogP contribution in [-0.4, -0.2) is 28.0 Å². The van der Waals surface area contributed by atoms with Crippen molar-refractivity contribution in [2.45, 2.75) is 12.8 Å². The molecule has 1 aromatic carbocycles. The van der Waals surface area contributed by atoms with E-state index in [1.165, 1.54) is 0 Å². The summed E-state index contributed by atoms with van der Waals surface area (Å²) in [6.45, 7) is 1.67. The number of rotatable bonds is 3. The summed E-state index contributed by atoms with van der Waals surface area (Å²) in [5.41, 5.74) is 1.04. The average molecular weight is 314 g/mol. The number of carbonyl (C=O) groups is 3. The number of H-pyrrole nitrogens is 2. The largest absolute Gasteiger partial charge is 0.328 e. The molecule has 1 aliphatic rings. The van der Waals surface area contributed by atoms with Crippen LogP contribution in [0.4, 0.5) is 4.79 Å². The summed E-state index contributed by atoms with van der Waals surface area (Å²) >= 11 is 0. The molecule has 4 amide bonds. The number of aryl methyl sites for hydroxylation is 1. The zero-order valence-corrected chi connectivity index (χ0v) is 12.2. The fourth-order valence-corrected chi connectivity index (χ4v) is 2.85.